The van der Waals surface area contributed by atoms with Gasteiger partial charge in [0.1, 0.15) is 11.3 Å². The van der Waals surface area contributed by atoms with E-state index in [0.717, 1.165) is 29.7 Å². The van der Waals surface area contributed by atoms with Crippen molar-refractivity contribution in [3.05, 3.63) is 65.0 Å². The lowest BCUT2D eigenvalue weighted by Crippen LogP contribution is -2.18. The number of nitrogens with zero attached hydrogens (tertiary/aromatic N) is 6. The van der Waals surface area contributed by atoms with Gasteiger partial charge >= 0.3 is 0 Å². The Morgan fingerprint density at radius 1 is 1.03 bits per heavy atom. The van der Waals surface area contributed by atoms with E-state index in [0.29, 0.717) is 17.9 Å². The van der Waals surface area contributed by atoms with Crippen LogP contribution >= 0.6 is 0 Å². The molecule has 0 spiro atoms. The van der Waals surface area contributed by atoms with Crippen molar-refractivity contribution in [1.82, 2.24) is 35.1 Å². The number of benzene rings is 1. The van der Waals surface area contributed by atoms with E-state index in [4.69, 9.17) is 5.73 Å². The molecule has 8 nitrogen and oxygen atoms in total. The lowest BCUT2D eigenvalue weighted by molar-refractivity contribution is 0.331. The van der Waals surface area contributed by atoms with Crippen LogP contribution in [0, 0.1) is 0 Å². The Morgan fingerprint density at radius 2 is 1.86 bits per heavy atom. The van der Waals surface area contributed by atoms with E-state index in [1.165, 1.54) is 37.1 Å². The third kappa shape index (κ3) is 3.97. The third-order valence-electron chi connectivity index (χ3n) is 5.42. The fourth-order valence-electron chi connectivity index (χ4n) is 4.08. The summed E-state index contributed by atoms with van der Waals surface area (Å²) in [6.07, 6.45) is 7.30. The maximum atomic E-state index is 5.91. The van der Waals surface area contributed by atoms with E-state index < -0.39 is 0 Å². The summed E-state index contributed by atoms with van der Waals surface area (Å²) in [7, 11) is 0. The number of nitrogens with two attached hydrogens (primary N) is 1. The zero-order valence-electron chi connectivity index (χ0n) is 16.3. The highest BCUT2D eigenvalue weighted by Gasteiger charge is 2.12. The van der Waals surface area contributed by atoms with Gasteiger partial charge in [0.25, 0.3) is 0 Å². The first-order chi connectivity index (χ1) is 14.2. The first-order valence-electron chi connectivity index (χ1n) is 10.0. The number of fused-ring (bicyclic) bond motifs is 1. The van der Waals surface area contributed by atoms with Gasteiger partial charge in [0.05, 0.1) is 12.7 Å². The molecule has 1 saturated heterocycles. The van der Waals surface area contributed by atoms with E-state index in [1.54, 1.807) is 0 Å². The van der Waals surface area contributed by atoms with E-state index >= 15 is 0 Å². The van der Waals surface area contributed by atoms with Crippen LogP contribution in [0.4, 0.5) is 5.82 Å². The maximum Gasteiger partial charge on any atom is 0.178 e. The Morgan fingerprint density at radius 3 is 2.72 bits per heavy atom. The molecule has 0 radical (unpaired) electrons. The molecule has 3 N–H and O–H groups in total. The van der Waals surface area contributed by atoms with Crippen molar-refractivity contribution in [1.29, 1.82) is 0 Å². The summed E-state index contributed by atoms with van der Waals surface area (Å²) in [5.74, 6) is 0.459. The number of nitrogen functional groups attached to an aromatic ring is 1. The molecule has 3 aromatic heterocycles. The molecule has 0 atom stereocenters. The molecule has 29 heavy (non-hydrogen) atoms. The molecule has 1 aliphatic rings. The number of hydrogen-bond donors (Lipinski definition) is 2. The summed E-state index contributed by atoms with van der Waals surface area (Å²) in [5.41, 5.74) is 12.0. The minimum atomic E-state index is 0.459. The zero-order valence-corrected chi connectivity index (χ0v) is 16.3. The van der Waals surface area contributed by atoms with Crippen LogP contribution in [0.2, 0.25) is 0 Å². The highest BCUT2D eigenvalue weighted by molar-refractivity contribution is 5.76. The van der Waals surface area contributed by atoms with Crippen LogP contribution in [-0.2, 0) is 19.5 Å². The summed E-state index contributed by atoms with van der Waals surface area (Å²) in [5, 5.41) is 15.3. The third-order valence-corrected chi connectivity index (χ3v) is 5.42. The molecule has 0 amide bonds. The monoisotopic (exact) mass is 388 g/mol. The SMILES string of the molecule is Nc1cc(Cc2cnn(Cc3cccc(CN4CCCC4)c3)c2)c2nn[nH]c2n1. The van der Waals surface area contributed by atoms with Crippen molar-refractivity contribution >= 4 is 17.0 Å². The molecule has 8 heteroatoms. The van der Waals surface area contributed by atoms with Gasteiger partial charge in [0.15, 0.2) is 5.65 Å². The predicted octanol–water partition coefficient (Wildman–Crippen LogP) is 2.37. The minimum absolute atomic E-state index is 0.459. The summed E-state index contributed by atoms with van der Waals surface area (Å²) in [6.45, 7) is 4.22. The zero-order chi connectivity index (χ0) is 19.6. The second-order valence-electron chi connectivity index (χ2n) is 7.74. The molecule has 0 saturated carbocycles. The average molecular weight is 388 g/mol. The Balaban J connectivity index is 1.29. The van der Waals surface area contributed by atoms with Crippen molar-refractivity contribution < 1.29 is 0 Å². The molecular weight excluding hydrogens is 364 g/mol. The molecule has 148 valence electrons. The lowest BCUT2D eigenvalue weighted by Gasteiger charge is -2.15. The van der Waals surface area contributed by atoms with Crippen molar-refractivity contribution in [3.63, 3.8) is 0 Å². The largest absolute Gasteiger partial charge is 0.384 e. The van der Waals surface area contributed by atoms with Gasteiger partial charge in [-0.1, -0.05) is 29.5 Å². The number of aromatic amines is 1. The van der Waals surface area contributed by atoms with E-state index in [1.807, 2.05) is 16.9 Å². The lowest BCUT2D eigenvalue weighted by atomic mass is 10.1. The van der Waals surface area contributed by atoms with Gasteiger partial charge in [-0.05, 0) is 54.3 Å². The van der Waals surface area contributed by atoms with E-state index in [2.05, 4.69) is 60.9 Å². The smallest absolute Gasteiger partial charge is 0.178 e. The van der Waals surface area contributed by atoms with Gasteiger partial charge < -0.3 is 5.73 Å². The highest BCUT2D eigenvalue weighted by Crippen LogP contribution is 2.19. The van der Waals surface area contributed by atoms with Gasteiger partial charge in [-0.25, -0.2) is 10.1 Å². The van der Waals surface area contributed by atoms with E-state index in [-0.39, 0.29) is 0 Å². The van der Waals surface area contributed by atoms with Crippen LogP contribution in [-0.4, -0.2) is 48.2 Å². The van der Waals surface area contributed by atoms with Crippen LogP contribution in [0.3, 0.4) is 0 Å². The Kier molecular flexibility index (Phi) is 4.69. The topological polar surface area (TPSA) is 102 Å². The summed E-state index contributed by atoms with van der Waals surface area (Å²) >= 11 is 0. The number of aromatic nitrogens is 6. The molecule has 1 aliphatic heterocycles. The van der Waals surface area contributed by atoms with Crippen molar-refractivity contribution in [2.24, 2.45) is 0 Å². The Labute approximate surface area is 168 Å². The van der Waals surface area contributed by atoms with Crippen LogP contribution in [0.15, 0.2) is 42.7 Å². The van der Waals surface area contributed by atoms with Crippen molar-refractivity contribution in [2.75, 3.05) is 18.8 Å². The molecule has 1 fully saturated rings. The van der Waals surface area contributed by atoms with Crippen LogP contribution in [0.25, 0.3) is 11.2 Å². The summed E-state index contributed by atoms with van der Waals surface area (Å²) in [4.78, 5) is 6.74. The maximum absolute atomic E-state index is 5.91. The number of H-pyrrole nitrogens is 1. The highest BCUT2D eigenvalue weighted by atomic mass is 15.3. The second-order valence-corrected chi connectivity index (χ2v) is 7.74. The van der Waals surface area contributed by atoms with E-state index in [9.17, 15) is 0 Å². The summed E-state index contributed by atoms with van der Waals surface area (Å²) < 4.78 is 1.98. The molecular formula is C21H24N8. The predicted molar refractivity (Wildman–Crippen MR) is 111 cm³/mol. The fourth-order valence-corrected chi connectivity index (χ4v) is 4.08. The standard InChI is InChI=1S/C21H24N8/c22-19-10-18(20-21(24-19)26-27-25-20)9-17-11-23-29(14-17)13-16-5-3-4-15(8-16)12-28-6-1-2-7-28/h3-5,8,10-11,14H,1-2,6-7,9,12-13H2,(H3,22,24,25,26,27). The number of rotatable bonds is 6. The molecule has 0 bridgehead atoms. The average Bonchev–Trinajstić information content (AvgIpc) is 3.44. The van der Waals surface area contributed by atoms with Crippen molar-refractivity contribution in [3.8, 4) is 0 Å². The molecule has 0 aliphatic carbocycles. The van der Waals surface area contributed by atoms with Crippen LogP contribution < -0.4 is 5.73 Å². The van der Waals surface area contributed by atoms with Crippen LogP contribution in [0.5, 0.6) is 0 Å². The van der Waals surface area contributed by atoms with Crippen molar-refractivity contribution in [2.45, 2.75) is 32.4 Å². The van der Waals surface area contributed by atoms with Gasteiger partial charge in [0, 0.05) is 19.2 Å². The molecule has 4 aromatic rings. The number of nitrogens with one attached hydrogen (secondary N) is 1. The minimum Gasteiger partial charge on any atom is -0.384 e. The van der Waals surface area contributed by atoms with Gasteiger partial charge in [-0.3, -0.25) is 9.58 Å². The molecule has 1 aromatic carbocycles. The Bertz CT molecular complexity index is 1120. The summed E-state index contributed by atoms with van der Waals surface area (Å²) in [6, 6.07) is 10.7. The number of likely N-dealkylation sites (tertiary alicyclic amines) is 1. The van der Waals surface area contributed by atoms with Gasteiger partial charge in [-0.2, -0.15) is 5.10 Å². The first-order valence-corrected chi connectivity index (χ1v) is 10.0. The Hall–Kier alpha value is -3.26. The molecule has 0 unspecified atom stereocenters. The molecule has 4 heterocycles. The number of hydrogen-bond acceptors (Lipinski definition) is 6. The number of anilines is 1. The normalized spacial score (nSPS) is 14.8. The second kappa shape index (κ2) is 7.63. The van der Waals surface area contributed by atoms with Gasteiger partial charge in [-0.15, -0.1) is 5.10 Å². The molecule has 5 rings (SSSR count). The van der Waals surface area contributed by atoms with Crippen LogP contribution in [0.1, 0.15) is 35.1 Å². The van der Waals surface area contributed by atoms with Gasteiger partial charge in [0.2, 0.25) is 0 Å². The number of pyridine rings is 1. The fraction of sp³-hybridized carbons (Fsp3) is 0.333. The first kappa shape index (κ1) is 17.8. The quantitative estimate of drug-likeness (QED) is 0.526.